The second-order valence-corrected chi connectivity index (χ2v) is 3.27. The highest BCUT2D eigenvalue weighted by Crippen LogP contribution is 1.89. The highest BCUT2D eigenvalue weighted by atomic mass is 79.9. The molecule has 0 aromatic heterocycles. The zero-order chi connectivity index (χ0) is 8.69. The number of carbonyl (C=O) groups excluding carboxylic acids is 1. The van der Waals surface area contributed by atoms with E-state index in [9.17, 15) is 4.79 Å². The molecule has 4 heteroatoms. The minimum absolute atomic E-state index is 0.145. The Kier molecular flexibility index (Phi) is 6.31. The fourth-order valence-corrected chi connectivity index (χ4v) is 0.726. The quantitative estimate of drug-likeness (QED) is 0.585. The van der Waals surface area contributed by atoms with Crippen LogP contribution in [0.4, 0.5) is 4.79 Å². The van der Waals surface area contributed by atoms with Gasteiger partial charge in [0.25, 0.3) is 0 Å². The summed E-state index contributed by atoms with van der Waals surface area (Å²) < 4.78 is 4.81. The predicted molar refractivity (Wildman–Crippen MR) is 48.0 cm³/mol. The Morgan fingerprint density at radius 1 is 1.64 bits per heavy atom. The summed E-state index contributed by atoms with van der Waals surface area (Å²) >= 11 is 3.24. The van der Waals surface area contributed by atoms with Crippen LogP contribution in [0.2, 0.25) is 0 Å². The molecule has 0 saturated heterocycles. The van der Waals surface area contributed by atoms with Gasteiger partial charge >= 0.3 is 6.09 Å². The van der Waals surface area contributed by atoms with Crippen molar-refractivity contribution < 1.29 is 9.53 Å². The molecule has 0 fully saturated rings. The van der Waals surface area contributed by atoms with Gasteiger partial charge in [-0.15, -0.1) is 0 Å². The number of halogens is 1. The number of nitrogens with one attached hydrogen (secondary N) is 1. The van der Waals surface area contributed by atoms with Gasteiger partial charge in [0.1, 0.15) is 0 Å². The number of alkyl carbamates (subject to hydrolysis) is 1. The molecule has 0 atom stereocenters. The summed E-state index contributed by atoms with van der Waals surface area (Å²) in [6, 6.07) is 0.145. The van der Waals surface area contributed by atoms with Gasteiger partial charge in [-0.2, -0.15) is 0 Å². The minimum Gasteiger partial charge on any atom is -0.450 e. The lowest BCUT2D eigenvalue weighted by molar-refractivity contribution is 0.144. The number of hydrogen-bond donors (Lipinski definition) is 1. The van der Waals surface area contributed by atoms with Crippen molar-refractivity contribution in [3.05, 3.63) is 0 Å². The van der Waals surface area contributed by atoms with Crippen LogP contribution in [0.3, 0.4) is 0 Å². The molecule has 0 bridgehead atoms. The standard InChI is InChI=1S/C7H14BrNO2/c1-6(2)9-7(10)11-5-3-4-8/h6H,3-5H2,1-2H3,(H,9,10). The second kappa shape index (κ2) is 6.46. The van der Waals surface area contributed by atoms with Gasteiger partial charge in [0, 0.05) is 11.4 Å². The van der Waals surface area contributed by atoms with Crippen LogP contribution in [0.1, 0.15) is 20.3 Å². The molecule has 0 unspecified atom stereocenters. The number of carbonyl (C=O) groups is 1. The molecule has 0 aliphatic carbocycles. The molecule has 0 saturated carbocycles. The van der Waals surface area contributed by atoms with Gasteiger partial charge in [0.15, 0.2) is 0 Å². The molecular weight excluding hydrogens is 210 g/mol. The molecule has 0 aliphatic heterocycles. The molecule has 0 aliphatic rings. The summed E-state index contributed by atoms with van der Waals surface area (Å²) in [7, 11) is 0. The van der Waals surface area contributed by atoms with E-state index in [1.54, 1.807) is 0 Å². The van der Waals surface area contributed by atoms with Crippen molar-refractivity contribution in [2.75, 3.05) is 11.9 Å². The van der Waals surface area contributed by atoms with E-state index >= 15 is 0 Å². The van der Waals surface area contributed by atoms with Gasteiger partial charge in [0.05, 0.1) is 6.61 Å². The van der Waals surface area contributed by atoms with Gasteiger partial charge in [0.2, 0.25) is 0 Å². The first-order chi connectivity index (χ1) is 5.16. The number of hydrogen-bond acceptors (Lipinski definition) is 2. The van der Waals surface area contributed by atoms with E-state index in [1.165, 1.54) is 0 Å². The SMILES string of the molecule is CC(C)NC(=O)OCCCBr. The fourth-order valence-electron chi connectivity index (χ4n) is 0.497. The van der Waals surface area contributed by atoms with E-state index in [-0.39, 0.29) is 12.1 Å². The molecule has 0 rings (SSSR count). The molecule has 1 N–H and O–H groups in total. The maximum Gasteiger partial charge on any atom is 0.407 e. The molecule has 66 valence electrons. The van der Waals surface area contributed by atoms with Crippen LogP contribution in [-0.2, 0) is 4.74 Å². The summed E-state index contributed by atoms with van der Waals surface area (Å²) in [5, 5.41) is 3.49. The molecule has 11 heavy (non-hydrogen) atoms. The van der Waals surface area contributed by atoms with Crippen LogP contribution >= 0.6 is 15.9 Å². The Labute approximate surface area is 75.6 Å². The average Bonchev–Trinajstić information content (AvgIpc) is 1.86. The normalized spacial score (nSPS) is 9.82. The van der Waals surface area contributed by atoms with Crippen molar-refractivity contribution >= 4 is 22.0 Å². The minimum atomic E-state index is -0.332. The molecule has 1 amide bonds. The monoisotopic (exact) mass is 223 g/mol. The number of rotatable bonds is 4. The highest BCUT2D eigenvalue weighted by Gasteiger charge is 2.01. The molecule has 0 aromatic carbocycles. The van der Waals surface area contributed by atoms with Crippen molar-refractivity contribution in [1.29, 1.82) is 0 Å². The first kappa shape index (κ1) is 10.8. The number of ether oxygens (including phenoxy) is 1. The summed E-state index contributed by atoms with van der Waals surface area (Å²) in [5.41, 5.74) is 0. The van der Waals surface area contributed by atoms with Crippen molar-refractivity contribution in [2.45, 2.75) is 26.3 Å². The van der Waals surface area contributed by atoms with E-state index in [0.29, 0.717) is 6.61 Å². The third kappa shape index (κ3) is 7.65. The third-order valence-corrected chi connectivity index (χ3v) is 1.48. The van der Waals surface area contributed by atoms with Crippen LogP contribution in [0.15, 0.2) is 0 Å². The number of amides is 1. The maximum absolute atomic E-state index is 10.8. The van der Waals surface area contributed by atoms with Crippen LogP contribution in [0.25, 0.3) is 0 Å². The van der Waals surface area contributed by atoms with Crippen molar-refractivity contribution in [2.24, 2.45) is 0 Å². The van der Waals surface area contributed by atoms with E-state index in [0.717, 1.165) is 11.8 Å². The fraction of sp³-hybridized carbons (Fsp3) is 0.857. The van der Waals surface area contributed by atoms with Crippen molar-refractivity contribution in [3.8, 4) is 0 Å². The Hall–Kier alpha value is -0.250. The van der Waals surface area contributed by atoms with Crippen molar-refractivity contribution in [1.82, 2.24) is 5.32 Å². The molecule has 0 aromatic rings. The van der Waals surface area contributed by atoms with Gasteiger partial charge in [-0.05, 0) is 20.3 Å². The van der Waals surface area contributed by atoms with E-state index < -0.39 is 0 Å². The lowest BCUT2D eigenvalue weighted by Gasteiger charge is -2.08. The molecule has 3 nitrogen and oxygen atoms in total. The van der Waals surface area contributed by atoms with Gasteiger partial charge < -0.3 is 10.1 Å². The zero-order valence-corrected chi connectivity index (χ0v) is 8.48. The topological polar surface area (TPSA) is 38.3 Å². The zero-order valence-electron chi connectivity index (χ0n) is 6.89. The molecular formula is C7H14BrNO2. The smallest absolute Gasteiger partial charge is 0.407 e. The first-order valence-electron chi connectivity index (χ1n) is 3.66. The van der Waals surface area contributed by atoms with Gasteiger partial charge in [-0.3, -0.25) is 0 Å². The molecule has 0 heterocycles. The summed E-state index contributed by atoms with van der Waals surface area (Å²) in [4.78, 5) is 10.8. The lowest BCUT2D eigenvalue weighted by atomic mass is 10.4. The Balaban J connectivity index is 3.23. The van der Waals surface area contributed by atoms with Crippen LogP contribution in [0.5, 0.6) is 0 Å². The first-order valence-corrected chi connectivity index (χ1v) is 4.78. The summed E-state index contributed by atoms with van der Waals surface area (Å²) in [5.74, 6) is 0. The summed E-state index contributed by atoms with van der Waals surface area (Å²) in [6.45, 7) is 4.27. The van der Waals surface area contributed by atoms with Crippen molar-refractivity contribution in [3.63, 3.8) is 0 Å². The average molecular weight is 224 g/mol. The highest BCUT2D eigenvalue weighted by molar-refractivity contribution is 9.09. The lowest BCUT2D eigenvalue weighted by Crippen LogP contribution is -2.30. The second-order valence-electron chi connectivity index (χ2n) is 2.48. The van der Waals surface area contributed by atoms with E-state index in [2.05, 4.69) is 21.2 Å². The number of alkyl halides is 1. The van der Waals surface area contributed by atoms with Gasteiger partial charge in [-0.1, -0.05) is 15.9 Å². The van der Waals surface area contributed by atoms with E-state index in [1.807, 2.05) is 13.8 Å². The molecule has 0 radical (unpaired) electrons. The Morgan fingerprint density at radius 2 is 2.27 bits per heavy atom. The van der Waals surface area contributed by atoms with Crippen LogP contribution < -0.4 is 5.32 Å². The van der Waals surface area contributed by atoms with Crippen LogP contribution in [0, 0.1) is 0 Å². The summed E-state index contributed by atoms with van der Waals surface area (Å²) in [6.07, 6.45) is 0.520. The largest absolute Gasteiger partial charge is 0.450 e. The van der Waals surface area contributed by atoms with Gasteiger partial charge in [-0.25, -0.2) is 4.79 Å². The third-order valence-electron chi connectivity index (χ3n) is 0.918. The van der Waals surface area contributed by atoms with E-state index in [4.69, 9.17) is 4.74 Å². The maximum atomic E-state index is 10.8. The Bertz CT molecular complexity index is 117. The van der Waals surface area contributed by atoms with Crippen LogP contribution in [-0.4, -0.2) is 24.1 Å². The Morgan fingerprint density at radius 3 is 2.73 bits per heavy atom. The predicted octanol–water partition coefficient (Wildman–Crippen LogP) is 1.91. The molecule has 0 spiro atoms.